The first-order chi connectivity index (χ1) is 10.0. The Morgan fingerprint density at radius 2 is 2.24 bits per heavy atom. The smallest absolute Gasteiger partial charge is 0.260 e. The summed E-state index contributed by atoms with van der Waals surface area (Å²) in [7, 11) is 0. The zero-order chi connectivity index (χ0) is 15.4. The Labute approximate surface area is 127 Å². The largest absolute Gasteiger partial charge is 0.322 e. The Kier molecular flexibility index (Phi) is 4.96. The summed E-state index contributed by atoms with van der Waals surface area (Å²) in [6.07, 6.45) is 1.95. The first-order valence-electron chi connectivity index (χ1n) is 6.82. The summed E-state index contributed by atoms with van der Waals surface area (Å²) >= 11 is 6.22. The van der Waals surface area contributed by atoms with Gasteiger partial charge in [0.05, 0.1) is 11.3 Å². The van der Waals surface area contributed by atoms with Crippen LogP contribution in [-0.2, 0) is 6.54 Å². The van der Waals surface area contributed by atoms with Crippen LogP contribution in [0.5, 0.6) is 0 Å². The van der Waals surface area contributed by atoms with Gasteiger partial charge in [-0.05, 0) is 31.5 Å². The summed E-state index contributed by atoms with van der Waals surface area (Å²) in [4.78, 5) is 12.3. The lowest BCUT2D eigenvalue weighted by Gasteiger charge is -2.05. The van der Waals surface area contributed by atoms with Gasteiger partial charge in [0.1, 0.15) is 11.0 Å². The number of carbonyl (C=O) groups is 1. The third-order valence-electron chi connectivity index (χ3n) is 3.10. The molecule has 21 heavy (non-hydrogen) atoms. The topological polar surface area (TPSA) is 46.9 Å². The fraction of sp³-hybridized carbons (Fsp3) is 0.333. The van der Waals surface area contributed by atoms with Crippen LogP contribution >= 0.6 is 11.6 Å². The number of hydrogen-bond donors (Lipinski definition) is 1. The number of nitrogens with zero attached hydrogens (tertiary/aromatic N) is 2. The van der Waals surface area contributed by atoms with Crippen LogP contribution < -0.4 is 5.32 Å². The van der Waals surface area contributed by atoms with E-state index in [0.717, 1.165) is 12.8 Å². The van der Waals surface area contributed by atoms with Crippen LogP contribution in [0.3, 0.4) is 0 Å². The molecular formula is C15H17ClFN3O. The molecule has 0 aliphatic rings. The lowest BCUT2D eigenvalue weighted by molar-refractivity contribution is 0.102. The Morgan fingerprint density at radius 1 is 1.48 bits per heavy atom. The second-order valence-corrected chi connectivity index (χ2v) is 5.15. The molecule has 1 amide bonds. The lowest BCUT2D eigenvalue weighted by atomic mass is 10.2. The van der Waals surface area contributed by atoms with Crippen molar-refractivity contribution in [1.29, 1.82) is 0 Å². The minimum atomic E-state index is -0.408. The number of carbonyl (C=O) groups excluding carboxylic acids is 1. The zero-order valence-corrected chi connectivity index (χ0v) is 12.7. The summed E-state index contributed by atoms with van der Waals surface area (Å²) in [5.74, 6) is -0.792. The van der Waals surface area contributed by atoms with Gasteiger partial charge in [-0.3, -0.25) is 9.48 Å². The van der Waals surface area contributed by atoms with Crippen molar-refractivity contribution in [3.05, 3.63) is 46.5 Å². The first-order valence-corrected chi connectivity index (χ1v) is 7.20. The maximum Gasteiger partial charge on any atom is 0.260 e. The van der Waals surface area contributed by atoms with Crippen LogP contribution in [0.4, 0.5) is 10.1 Å². The number of aromatic nitrogens is 2. The monoisotopic (exact) mass is 309 g/mol. The highest BCUT2D eigenvalue weighted by Crippen LogP contribution is 2.22. The number of amides is 1. The highest BCUT2D eigenvalue weighted by molar-refractivity contribution is 6.33. The summed E-state index contributed by atoms with van der Waals surface area (Å²) in [6, 6.07) is 5.72. The predicted molar refractivity (Wildman–Crippen MR) is 81.2 cm³/mol. The van der Waals surface area contributed by atoms with Gasteiger partial charge in [-0.1, -0.05) is 31.0 Å². The van der Waals surface area contributed by atoms with Gasteiger partial charge in [-0.25, -0.2) is 4.39 Å². The molecule has 0 saturated carbocycles. The van der Waals surface area contributed by atoms with E-state index in [-0.39, 0.29) is 5.91 Å². The maximum absolute atomic E-state index is 13.1. The number of hydrogen-bond acceptors (Lipinski definition) is 2. The second kappa shape index (κ2) is 6.72. The van der Waals surface area contributed by atoms with Crippen LogP contribution in [0.1, 0.15) is 35.8 Å². The fourth-order valence-corrected chi connectivity index (χ4v) is 2.37. The van der Waals surface area contributed by atoms with Crippen molar-refractivity contribution in [2.45, 2.75) is 33.2 Å². The summed E-state index contributed by atoms with van der Waals surface area (Å²) in [5.41, 5.74) is 1.28. The predicted octanol–water partition coefficient (Wildman–Crippen LogP) is 4.04. The highest BCUT2D eigenvalue weighted by Gasteiger charge is 2.20. The van der Waals surface area contributed by atoms with Gasteiger partial charge in [-0.2, -0.15) is 5.10 Å². The van der Waals surface area contributed by atoms with E-state index < -0.39 is 5.82 Å². The van der Waals surface area contributed by atoms with Crippen molar-refractivity contribution in [2.24, 2.45) is 0 Å². The number of rotatable bonds is 5. The van der Waals surface area contributed by atoms with E-state index in [2.05, 4.69) is 17.3 Å². The molecule has 112 valence electrons. The van der Waals surface area contributed by atoms with Gasteiger partial charge in [0.15, 0.2) is 0 Å². The zero-order valence-electron chi connectivity index (χ0n) is 12.0. The Balaban J connectivity index is 2.21. The van der Waals surface area contributed by atoms with Crippen molar-refractivity contribution in [3.8, 4) is 0 Å². The molecule has 1 aromatic heterocycles. The molecule has 0 saturated heterocycles. The minimum absolute atomic E-state index is 0.315. The van der Waals surface area contributed by atoms with E-state index in [1.807, 2.05) is 0 Å². The maximum atomic E-state index is 13.1. The van der Waals surface area contributed by atoms with Gasteiger partial charge in [0, 0.05) is 12.2 Å². The van der Waals surface area contributed by atoms with E-state index in [0.29, 0.717) is 28.6 Å². The van der Waals surface area contributed by atoms with Gasteiger partial charge in [-0.15, -0.1) is 0 Å². The van der Waals surface area contributed by atoms with E-state index >= 15 is 0 Å². The number of unbranched alkanes of at least 4 members (excludes halogenated alkanes) is 1. The summed E-state index contributed by atoms with van der Waals surface area (Å²) < 4.78 is 14.8. The molecule has 0 atom stereocenters. The van der Waals surface area contributed by atoms with E-state index in [9.17, 15) is 9.18 Å². The summed E-state index contributed by atoms with van der Waals surface area (Å²) in [5, 5.41) is 7.23. The molecule has 0 aliphatic carbocycles. The molecule has 2 rings (SSSR count). The molecule has 0 radical (unpaired) electrons. The summed E-state index contributed by atoms with van der Waals surface area (Å²) in [6.45, 7) is 4.47. The number of benzene rings is 1. The van der Waals surface area contributed by atoms with Crippen LogP contribution in [0.2, 0.25) is 5.15 Å². The van der Waals surface area contributed by atoms with Crippen LogP contribution in [0.15, 0.2) is 24.3 Å². The second-order valence-electron chi connectivity index (χ2n) is 4.79. The number of halogens is 2. The van der Waals surface area contributed by atoms with Crippen LogP contribution in [0, 0.1) is 12.7 Å². The quantitative estimate of drug-likeness (QED) is 0.906. The van der Waals surface area contributed by atoms with Crippen molar-refractivity contribution in [2.75, 3.05) is 5.32 Å². The number of nitrogens with one attached hydrogen (secondary N) is 1. The average Bonchev–Trinajstić information content (AvgIpc) is 2.71. The van der Waals surface area contributed by atoms with Crippen molar-refractivity contribution in [3.63, 3.8) is 0 Å². The molecule has 2 aromatic rings. The van der Waals surface area contributed by atoms with Crippen LogP contribution in [0.25, 0.3) is 0 Å². The van der Waals surface area contributed by atoms with Gasteiger partial charge in [0.25, 0.3) is 5.91 Å². The molecule has 0 bridgehead atoms. The molecule has 1 N–H and O–H groups in total. The molecule has 1 heterocycles. The molecule has 0 spiro atoms. The van der Waals surface area contributed by atoms with Gasteiger partial charge in [0.2, 0.25) is 0 Å². The highest BCUT2D eigenvalue weighted by atomic mass is 35.5. The first kappa shape index (κ1) is 15.5. The molecule has 0 aliphatic heterocycles. The van der Waals surface area contributed by atoms with E-state index in [1.165, 1.54) is 18.2 Å². The van der Waals surface area contributed by atoms with E-state index in [4.69, 9.17) is 11.6 Å². The molecule has 0 fully saturated rings. The number of anilines is 1. The molecule has 4 nitrogen and oxygen atoms in total. The van der Waals surface area contributed by atoms with Crippen molar-refractivity contribution in [1.82, 2.24) is 9.78 Å². The van der Waals surface area contributed by atoms with Crippen LogP contribution in [-0.4, -0.2) is 15.7 Å². The van der Waals surface area contributed by atoms with Crippen molar-refractivity contribution >= 4 is 23.2 Å². The number of aryl methyl sites for hydroxylation is 2. The molecular weight excluding hydrogens is 293 g/mol. The van der Waals surface area contributed by atoms with Gasteiger partial charge < -0.3 is 5.32 Å². The molecule has 0 unspecified atom stereocenters. The SMILES string of the molecule is CCCCn1nc(C)c(C(=O)Nc2cccc(F)c2)c1Cl. The standard InChI is InChI=1S/C15H17ClFN3O/c1-3-4-8-20-14(16)13(10(2)19-20)15(21)18-12-7-5-6-11(17)9-12/h5-7,9H,3-4,8H2,1-2H3,(H,18,21). The third-order valence-corrected chi connectivity index (χ3v) is 3.48. The Hall–Kier alpha value is -1.88. The fourth-order valence-electron chi connectivity index (χ4n) is 2.03. The lowest BCUT2D eigenvalue weighted by Crippen LogP contribution is -2.13. The van der Waals surface area contributed by atoms with E-state index in [1.54, 1.807) is 17.7 Å². The Bertz CT molecular complexity index is 654. The van der Waals surface area contributed by atoms with Gasteiger partial charge >= 0.3 is 0 Å². The molecule has 1 aromatic carbocycles. The third kappa shape index (κ3) is 3.61. The molecule has 6 heteroatoms. The normalized spacial score (nSPS) is 10.7. The Morgan fingerprint density at radius 3 is 2.90 bits per heavy atom. The minimum Gasteiger partial charge on any atom is -0.322 e. The average molecular weight is 310 g/mol. The van der Waals surface area contributed by atoms with Crippen molar-refractivity contribution < 1.29 is 9.18 Å².